The Bertz CT molecular complexity index is 961. The summed E-state index contributed by atoms with van der Waals surface area (Å²) in [6.07, 6.45) is 6.32. The molecule has 0 amide bonds. The second-order valence-electron chi connectivity index (χ2n) is 7.58. The fourth-order valence-electron chi connectivity index (χ4n) is 3.32. The first kappa shape index (κ1) is 26.4. The van der Waals surface area contributed by atoms with Crippen LogP contribution < -0.4 is 14.1 Å². The molecule has 2 aromatic carbocycles. The highest BCUT2D eigenvalue weighted by Gasteiger charge is 2.30. The molecule has 1 unspecified atom stereocenters. The molecule has 0 bridgehead atoms. The van der Waals surface area contributed by atoms with E-state index in [1.807, 2.05) is 0 Å². The molecule has 2 aromatic rings. The van der Waals surface area contributed by atoms with Gasteiger partial charge in [-0.05, 0) is 49.9 Å². The van der Waals surface area contributed by atoms with Gasteiger partial charge in [0.15, 0.2) is 0 Å². The molecule has 1 N–H and O–H groups in total. The van der Waals surface area contributed by atoms with Crippen molar-refractivity contribution in [2.24, 2.45) is 0 Å². The molecule has 12 heteroatoms. The van der Waals surface area contributed by atoms with Gasteiger partial charge in [0.05, 0.1) is 0 Å². The molecule has 0 saturated heterocycles. The molecule has 0 spiro atoms. The fourth-order valence-corrected chi connectivity index (χ4v) is 4.51. The van der Waals surface area contributed by atoms with Gasteiger partial charge in [-0.1, -0.05) is 30.9 Å². The molecule has 1 aliphatic carbocycles. The van der Waals surface area contributed by atoms with E-state index >= 15 is 0 Å². The summed E-state index contributed by atoms with van der Waals surface area (Å²) in [5, 5.41) is 2.87. The summed E-state index contributed by atoms with van der Waals surface area (Å²) in [5.74, 6) is -13.1. The highest BCUT2D eigenvalue weighted by Crippen LogP contribution is 2.41. The Morgan fingerprint density at radius 1 is 0.853 bits per heavy atom. The van der Waals surface area contributed by atoms with Crippen molar-refractivity contribution in [2.45, 2.75) is 51.0 Å². The number of esters is 1. The Morgan fingerprint density at radius 3 is 1.97 bits per heavy atom. The molecule has 1 aliphatic rings. The lowest BCUT2D eigenvalue weighted by Gasteiger charge is -2.22. The van der Waals surface area contributed by atoms with E-state index in [0.717, 1.165) is 44.9 Å². The molecule has 5 nitrogen and oxygen atoms in total. The van der Waals surface area contributed by atoms with Crippen LogP contribution in [0.15, 0.2) is 24.3 Å². The van der Waals surface area contributed by atoms with E-state index in [1.165, 1.54) is 24.3 Å². The summed E-state index contributed by atoms with van der Waals surface area (Å²) in [6, 6.07) is 5.69. The third kappa shape index (κ3) is 7.17. The first-order valence-corrected chi connectivity index (χ1v) is 12.2. The molecular weight excluding hydrogens is 504 g/mol. The largest absolute Gasteiger partial charge is 0.461 e. The quantitative estimate of drug-likeness (QED) is 0.133. The van der Waals surface area contributed by atoms with Crippen molar-refractivity contribution in [3.63, 3.8) is 0 Å². The van der Waals surface area contributed by atoms with Crippen molar-refractivity contribution in [1.82, 2.24) is 5.09 Å². The topological polar surface area (TPSA) is 56.8 Å². The highest BCUT2D eigenvalue weighted by atomic mass is 35.5. The van der Waals surface area contributed by atoms with Crippen LogP contribution in [0.2, 0.25) is 5.02 Å². The smallest absolute Gasteiger partial charge is 0.382 e. The average molecular weight is 526 g/mol. The van der Waals surface area contributed by atoms with Gasteiger partial charge in [0.25, 0.3) is 0 Å². The minimum Gasteiger partial charge on any atom is -0.461 e. The van der Waals surface area contributed by atoms with Crippen LogP contribution in [0.4, 0.5) is 22.0 Å². The van der Waals surface area contributed by atoms with E-state index in [9.17, 15) is 26.7 Å². The van der Waals surface area contributed by atoms with Gasteiger partial charge in [0, 0.05) is 5.02 Å². The summed E-state index contributed by atoms with van der Waals surface area (Å²) >= 11 is 5.81. The molecule has 1 atom stereocenters. The molecule has 186 valence electrons. The summed E-state index contributed by atoms with van der Waals surface area (Å²) in [4.78, 5) is 12.3. The summed E-state index contributed by atoms with van der Waals surface area (Å²) in [7, 11) is -2.58. The first-order valence-electron chi connectivity index (χ1n) is 10.6. The fraction of sp³-hybridized carbons (Fsp3) is 0.409. The SMILES string of the molecule is O=C(CNP(Oc1ccc(Cl)cc1)Oc1c(F)c(F)c(F)c(F)c1F)OC1CCCCCCC1. The number of rotatable bonds is 8. The van der Waals surface area contributed by atoms with Gasteiger partial charge in [-0.2, -0.15) is 8.78 Å². The number of hydrogen-bond acceptors (Lipinski definition) is 5. The van der Waals surface area contributed by atoms with E-state index in [4.69, 9.17) is 25.4 Å². The first-order chi connectivity index (χ1) is 16.3. The van der Waals surface area contributed by atoms with Crippen LogP contribution in [0.3, 0.4) is 0 Å². The van der Waals surface area contributed by atoms with Crippen LogP contribution in [-0.2, 0) is 9.53 Å². The molecule has 34 heavy (non-hydrogen) atoms. The zero-order chi connectivity index (χ0) is 24.7. The maximum absolute atomic E-state index is 14.1. The van der Waals surface area contributed by atoms with Crippen LogP contribution in [0.25, 0.3) is 0 Å². The van der Waals surface area contributed by atoms with Gasteiger partial charge in [0.1, 0.15) is 18.4 Å². The van der Waals surface area contributed by atoms with Gasteiger partial charge in [-0.25, -0.2) is 18.3 Å². The lowest BCUT2D eigenvalue weighted by Crippen LogP contribution is -2.28. The number of nitrogens with one attached hydrogen (secondary N) is 1. The van der Waals surface area contributed by atoms with Gasteiger partial charge in [0.2, 0.25) is 34.8 Å². The predicted molar refractivity (Wildman–Crippen MR) is 116 cm³/mol. The summed E-state index contributed by atoms with van der Waals surface area (Å²) in [5.41, 5.74) is 0. The second-order valence-corrected chi connectivity index (χ2v) is 9.22. The summed E-state index contributed by atoms with van der Waals surface area (Å²) in [6.45, 7) is -0.481. The number of hydrogen-bond donors (Lipinski definition) is 1. The second kappa shape index (κ2) is 12.5. The molecule has 0 aliphatic heterocycles. The maximum atomic E-state index is 14.1. The van der Waals surface area contributed by atoms with Crippen LogP contribution in [0.5, 0.6) is 11.5 Å². The van der Waals surface area contributed by atoms with Crippen molar-refractivity contribution >= 4 is 26.1 Å². The zero-order valence-corrected chi connectivity index (χ0v) is 19.5. The molecule has 0 heterocycles. The van der Waals surface area contributed by atoms with Crippen LogP contribution in [0.1, 0.15) is 44.9 Å². The molecule has 3 rings (SSSR count). The maximum Gasteiger partial charge on any atom is 0.382 e. The third-order valence-corrected chi connectivity index (χ3v) is 6.44. The van der Waals surface area contributed by atoms with Crippen LogP contribution in [-0.4, -0.2) is 18.6 Å². The van der Waals surface area contributed by atoms with E-state index in [2.05, 4.69) is 5.09 Å². The lowest BCUT2D eigenvalue weighted by molar-refractivity contribution is -0.148. The van der Waals surface area contributed by atoms with Crippen molar-refractivity contribution in [2.75, 3.05) is 6.54 Å². The van der Waals surface area contributed by atoms with Gasteiger partial charge >= 0.3 is 14.5 Å². The van der Waals surface area contributed by atoms with Crippen LogP contribution >= 0.6 is 20.1 Å². The van der Waals surface area contributed by atoms with E-state index in [0.29, 0.717) is 5.02 Å². The average Bonchev–Trinajstić information content (AvgIpc) is 2.80. The van der Waals surface area contributed by atoms with Crippen LogP contribution in [0, 0.1) is 29.1 Å². The monoisotopic (exact) mass is 525 g/mol. The predicted octanol–water partition coefficient (Wildman–Crippen LogP) is 6.97. The number of carbonyl (C=O) groups excluding carboxylic acids is 1. The Morgan fingerprint density at radius 2 is 1.38 bits per heavy atom. The summed E-state index contributed by atoms with van der Waals surface area (Å²) < 4.78 is 84.6. The lowest BCUT2D eigenvalue weighted by atomic mass is 9.99. The van der Waals surface area contributed by atoms with E-state index in [1.54, 1.807) is 0 Å². The Hall–Kier alpha value is -2.16. The molecular formula is C22H22ClF5NO4P. The van der Waals surface area contributed by atoms with Crippen molar-refractivity contribution in [3.8, 4) is 11.5 Å². The highest BCUT2D eigenvalue weighted by molar-refractivity contribution is 7.45. The molecule has 0 aromatic heterocycles. The zero-order valence-electron chi connectivity index (χ0n) is 17.9. The minimum atomic E-state index is -2.58. The Kier molecular flexibility index (Phi) is 9.74. The number of ether oxygens (including phenoxy) is 1. The van der Waals surface area contributed by atoms with E-state index in [-0.39, 0.29) is 11.9 Å². The number of carbonyl (C=O) groups is 1. The molecule has 1 fully saturated rings. The Balaban J connectivity index is 1.72. The standard InChI is InChI=1S/C22H22ClF5NO4P/c23-13-8-10-15(11-9-13)32-34(33-22-20(27)18(25)17(24)19(26)21(22)28)29-12-16(30)31-14-6-4-2-1-3-5-7-14/h8-11,14,29H,1-7,12H2. The van der Waals surface area contributed by atoms with Crippen molar-refractivity contribution in [3.05, 3.63) is 58.4 Å². The van der Waals surface area contributed by atoms with Crippen molar-refractivity contribution in [1.29, 1.82) is 0 Å². The molecule has 1 saturated carbocycles. The molecule has 0 radical (unpaired) electrons. The van der Waals surface area contributed by atoms with Gasteiger partial charge < -0.3 is 13.8 Å². The Labute approximate surface area is 199 Å². The minimum absolute atomic E-state index is 0.111. The van der Waals surface area contributed by atoms with E-state index < -0.39 is 55.9 Å². The third-order valence-electron chi connectivity index (χ3n) is 5.05. The number of halogens is 6. The normalized spacial score (nSPS) is 15.8. The van der Waals surface area contributed by atoms with Gasteiger partial charge in [-0.15, -0.1) is 0 Å². The van der Waals surface area contributed by atoms with Crippen molar-refractivity contribution < 1.29 is 40.5 Å². The number of benzene rings is 2. The van der Waals surface area contributed by atoms with Gasteiger partial charge in [-0.3, -0.25) is 4.79 Å².